The highest BCUT2D eigenvalue weighted by atomic mass is 16.1. The van der Waals surface area contributed by atoms with Crippen LogP contribution in [0.2, 0.25) is 0 Å². The lowest BCUT2D eigenvalue weighted by molar-refractivity contribution is -0.108. The van der Waals surface area contributed by atoms with Crippen LogP contribution < -0.4 is 0 Å². The predicted molar refractivity (Wildman–Crippen MR) is 80.5 cm³/mol. The summed E-state index contributed by atoms with van der Waals surface area (Å²) < 4.78 is 0. The fourth-order valence-corrected chi connectivity index (χ4v) is 1.73. The molecule has 0 amide bonds. The number of aldehydes is 1. The monoisotopic (exact) mass is 248 g/mol. The van der Waals surface area contributed by atoms with Gasteiger partial charge in [0.05, 0.1) is 5.92 Å². The molecular formula is C18H16O. The fraction of sp³-hybridized carbons (Fsp3) is 0.0556. The molecule has 94 valence electrons. The number of rotatable bonds is 5. The van der Waals surface area contributed by atoms with Gasteiger partial charge in [0.2, 0.25) is 0 Å². The summed E-state index contributed by atoms with van der Waals surface area (Å²) in [7, 11) is 0. The molecule has 2 aromatic rings. The first-order valence-electron chi connectivity index (χ1n) is 6.30. The van der Waals surface area contributed by atoms with E-state index >= 15 is 0 Å². The first kappa shape index (κ1) is 13.0. The molecule has 0 saturated heterocycles. The molecule has 0 aromatic heterocycles. The first-order valence-corrected chi connectivity index (χ1v) is 6.30. The van der Waals surface area contributed by atoms with Gasteiger partial charge in [0.25, 0.3) is 0 Å². The largest absolute Gasteiger partial charge is 0.302 e. The van der Waals surface area contributed by atoms with Gasteiger partial charge in [0.1, 0.15) is 6.29 Å². The molecule has 0 saturated carbocycles. The van der Waals surface area contributed by atoms with Crippen LogP contribution in [0.4, 0.5) is 0 Å². The van der Waals surface area contributed by atoms with Crippen LogP contribution in [0.3, 0.4) is 0 Å². The van der Waals surface area contributed by atoms with E-state index in [-0.39, 0.29) is 5.92 Å². The molecule has 0 aliphatic rings. The van der Waals surface area contributed by atoms with E-state index in [9.17, 15) is 4.79 Å². The maximum Gasteiger partial charge on any atom is 0.130 e. The second-order valence-corrected chi connectivity index (χ2v) is 4.25. The van der Waals surface area contributed by atoms with Crippen molar-refractivity contribution in [1.29, 1.82) is 0 Å². The Morgan fingerprint density at radius 3 is 1.47 bits per heavy atom. The van der Waals surface area contributed by atoms with Crippen molar-refractivity contribution in [2.45, 2.75) is 0 Å². The van der Waals surface area contributed by atoms with Gasteiger partial charge in [-0.25, -0.2) is 0 Å². The van der Waals surface area contributed by atoms with E-state index in [1.54, 1.807) is 0 Å². The quantitative estimate of drug-likeness (QED) is 0.724. The Morgan fingerprint density at radius 1 is 0.684 bits per heavy atom. The highest BCUT2D eigenvalue weighted by Crippen LogP contribution is 2.08. The third kappa shape index (κ3) is 4.40. The highest BCUT2D eigenvalue weighted by molar-refractivity contribution is 5.66. The summed E-state index contributed by atoms with van der Waals surface area (Å²) in [5.74, 6) is -0.194. The molecule has 0 aliphatic carbocycles. The van der Waals surface area contributed by atoms with Crippen molar-refractivity contribution in [1.82, 2.24) is 0 Å². The number of carbonyl (C=O) groups excluding carboxylic acids is 1. The molecule has 0 fully saturated rings. The van der Waals surface area contributed by atoms with Crippen LogP contribution in [-0.4, -0.2) is 6.29 Å². The van der Waals surface area contributed by atoms with Crippen LogP contribution in [0, 0.1) is 5.92 Å². The molecule has 0 heterocycles. The second-order valence-electron chi connectivity index (χ2n) is 4.25. The van der Waals surface area contributed by atoms with Gasteiger partial charge in [0, 0.05) is 0 Å². The molecule has 0 spiro atoms. The maximum atomic E-state index is 11.0. The molecule has 2 rings (SSSR count). The van der Waals surface area contributed by atoms with Gasteiger partial charge in [-0.15, -0.1) is 0 Å². The summed E-state index contributed by atoms with van der Waals surface area (Å²) >= 11 is 0. The van der Waals surface area contributed by atoms with Gasteiger partial charge in [0.15, 0.2) is 0 Å². The zero-order valence-electron chi connectivity index (χ0n) is 10.6. The van der Waals surface area contributed by atoms with E-state index in [1.165, 1.54) is 0 Å². The molecule has 0 N–H and O–H groups in total. The summed E-state index contributed by atoms with van der Waals surface area (Å²) in [4.78, 5) is 11.0. The molecular weight excluding hydrogens is 232 g/mol. The van der Waals surface area contributed by atoms with Gasteiger partial charge < -0.3 is 4.79 Å². The highest BCUT2D eigenvalue weighted by Gasteiger charge is 1.96. The lowest BCUT2D eigenvalue weighted by Gasteiger charge is -1.98. The van der Waals surface area contributed by atoms with Crippen molar-refractivity contribution in [3.8, 4) is 0 Å². The summed E-state index contributed by atoms with van der Waals surface area (Å²) in [5.41, 5.74) is 2.20. The Labute approximate surface area is 113 Å². The Kier molecular flexibility index (Phi) is 4.88. The SMILES string of the molecule is O=CC(C=Cc1ccccc1)C=Cc1ccccc1. The van der Waals surface area contributed by atoms with Crippen molar-refractivity contribution in [2.24, 2.45) is 5.92 Å². The summed E-state index contributed by atoms with van der Waals surface area (Å²) in [5, 5.41) is 0. The van der Waals surface area contributed by atoms with E-state index < -0.39 is 0 Å². The molecule has 2 aromatic carbocycles. The fourth-order valence-electron chi connectivity index (χ4n) is 1.73. The zero-order chi connectivity index (χ0) is 13.3. The Morgan fingerprint density at radius 2 is 1.11 bits per heavy atom. The number of hydrogen-bond donors (Lipinski definition) is 0. The van der Waals surface area contributed by atoms with Crippen LogP contribution in [0.5, 0.6) is 0 Å². The Balaban J connectivity index is 2.03. The summed E-state index contributed by atoms with van der Waals surface area (Å²) in [6, 6.07) is 19.9. The lowest BCUT2D eigenvalue weighted by Crippen LogP contribution is -1.91. The van der Waals surface area contributed by atoms with Gasteiger partial charge >= 0.3 is 0 Å². The van der Waals surface area contributed by atoms with Crippen LogP contribution in [0.1, 0.15) is 11.1 Å². The number of carbonyl (C=O) groups is 1. The van der Waals surface area contributed by atoms with E-state index in [4.69, 9.17) is 0 Å². The summed E-state index contributed by atoms with van der Waals surface area (Å²) in [6.07, 6.45) is 8.69. The molecule has 1 heteroatoms. The molecule has 0 atom stereocenters. The zero-order valence-corrected chi connectivity index (χ0v) is 10.6. The standard InChI is InChI=1S/C18H16O/c19-15-18(13-11-16-7-3-1-4-8-16)14-12-17-9-5-2-6-10-17/h1-15,18H. The average Bonchev–Trinajstić information content (AvgIpc) is 2.49. The van der Waals surface area contributed by atoms with Crippen LogP contribution in [0.15, 0.2) is 72.8 Å². The minimum absolute atomic E-state index is 0.194. The molecule has 0 unspecified atom stereocenters. The molecule has 0 bridgehead atoms. The van der Waals surface area contributed by atoms with E-state index in [2.05, 4.69) is 0 Å². The average molecular weight is 248 g/mol. The normalized spacial score (nSPS) is 12.8. The molecule has 1 nitrogen and oxygen atoms in total. The number of benzene rings is 2. The Hall–Kier alpha value is -2.41. The number of allylic oxidation sites excluding steroid dienone is 2. The lowest BCUT2D eigenvalue weighted by atomic mass is 10.1. The third-order valence-corrected chi connectivity index (χ3v) is 2.78. The van der Waals surface area contributed by atoms with Gasteiger partial charge in [-0.2, -0.15) is 0 Å². The van der Waals surface area contributed by atoms with Crippen molar-refractivity contribution in [3.63, 3.8) is 0 Å². The first-order chi connectivity index (χ1) is 9.38. The van der Waals surface area contributed by atoms with E-state index in [1.807, 2.05) is 85.0 Å². The topological polar surface area (TPSA) is 17.1 Å². The van der Waals surface area contributed by atoms with Gasteiger partial charge in [-0.05, 0) is 11.1 Å². The number of hydrogen-bond acceptors (Lipinski definition) is 1. The third-order valence-electron chi connectivity index (χ3n) is 2.78. The molecule has 19 heavy (non-hydrogen) atoms. The van der Waals surface area contributed by atoms with Crippen LogP contribution in [0.25, 0.3) is 12.2 Å². The minimum Gasteiger partial charge on any atom is -0.302 e. The van der Waals surface area contributed by atoms with Gasteiger partial charge in [-0.1, -0.05) is 85.0 Å². The van der Waals surface area contributed by atoms with E-state index in [0.29, 0.717) is 0 Å². The smallest absolute Gasteiger partial charge is 0.130 e. The van der Waals surface area contributed by atoms with Crippen molar-refractivity contribution >= 4 is 18.4 Å². The van der Waals surface area contributed by atoms with Crippen LogP contribution >= 0.6 is 0 Å². The molecule has 0 radical (unpaired) electrons. The maximum absolute atomic E-state index is 11.0. The van der Waals surface area contributed by atoms with Crippen molar-refractivity contribution in [3.05, 3.63) is 83.9 Å². The Bertz CT molecular complexity index is 503. The van der Waals surface area contributed by atoms with Crippen LogP contribution in [-0.2, 0) is 4.79 Å². The summed E-state index contributed by atoms with van der Waals surface area (Å²) in [6.45, 7) is 0. The van der Waals surface area contributed by atoms with Crippen molar-refractivity contribution in [2.75, 3.05) is 0 Å². The van der Waals surface area contributed by atoms with E-state index in [0.717, 1.165) is 17.4 Å². The van der Waals surface area contributed by atoms with Crippen molar-refractivity contribution < 1.29 is 4.79 Å². The predicted octanol–water partition coefficient (Wildman–Crippen LogP) is 4.23. The van der Waals surface area contributed by atoms with Gasteiger partial charge in [-0.3, -0.25) is 0 Å². The second kappa shape index (κ2) is 7.12. The molecule has 0 aliphatic heterocycles. The minimum atomic E-state index is -0.194.